The summed E-state index contributed by atoms with van der Waals surface area (Å²) in [6.07, 6.45) is 6.50. The van der Waals surface area contributed by atoms with Crippen molar-refractivity contribution in [2.75, 3.05) is 5.32 Å². The van der Waals surface area contributed by atoms with E-state index in [0.29, 0.717) is 10.6 Å². The number of aromatic nitrogens is 3. The van der Waals surface area contributed by atoms with Gasteiger partial charge in [-0.2, -0.15) is 0 Å². The van der Waals surface area contributed by atoms with Gasteiger partial charge in [-0.05, 0) is 55.5 Å². The van der Waals surface area contributed by atoms with Crippen LogP contribution >= 0.6 is 11.3 Å². The second-order valence-electron chi connectivity index (χ2n) is 8.10. The van der Waals surface area contributed by atoms with Crippen molar-refractivity contribution in [1.29, 1.82) is 0 Å². The van der Waals surface area contributed by atoms with E-state index in [2.05, 4.69) is 15.3 Å². The second-order valence-corrected chi connectivity index (χ2v) is 9.13. The van der Waals surface area contributed by atoms with Crippen LogP contribution in [0.3, 0.4) is 0 Å². The van der Waals surface area contributed by atoms with Gasteiger partial charge in [0.05, 0.1) is 21.3 Å². The van der Waals surface area contributed by atoms with Gasteiger partial charge >= 0.3 is 6.09 Å². The van der Waals surface area contributed by atoms with Crippen LogP contribution in [0.5, 0.6) is 0 Å². The fourth-order valence-electron chi connectivity index (χ4n) is 3.69. The summed E-state index contributed by atoms with van der Waals surface area (Å²) in [7, 11) is 0. The Morgan fingerprint density at radius 1 is 1.16 bits per heavy atom. The minimum absolute atomic E-state index is 0.0555. The molecule has 1 saturated carbocycles. The number of anilines is 1. The van der Waals surface area contributed by atoms with Crippen LogP contribution in [0.25, 0.3) is 32.4 Å². The lowest BCUT2D eigenvalue weighted by molar-refractivity contribution is -0.117. The van der Waals surface area contributed by atoms with Gasteiger partial charge in [0.1, 0.15) is 6.10 Å². The molecule has 0 aliphatic heterocycles. The second kappa shape index (κ2) is 8.35. The summed E-state index contributed by atoms with van der Waals surface area (Å²) in [4.78, 5) is 33.8. The third-order valence-electron chi connectivity index (χ3n) is 5.81. The summed E-state index contributed by atoms with van der Waals surface area (Å²) in [6, 6.07) is 9.73. The number of nitrogens with zero attached hydrogens (tertiary/aromatic N) is 3. The largest absolute Gasteiger partial charge is 0.446 e. The Balaban J connectivity index is 1.44. The highest BCUT2D eigenvalue weighted by Crippen LogP contribution is 2.34. The number of pyridine rings is 1. The van der Waals surface area contributed by atoms with Crippen molar-refractivity contribution in [2.45, 2.75) is 45.6 Å². The Labute approximate surface area is 189 Å². The molecule has 1 fully saturated rings. The van der Waals surface area contributed by atoms with Gasteiger partial charge < -0.3 is 10.1 Å². The van der Waals surface area contributed by atoms with Gasteiger partial charge in [0.25, 0.3) is 0 Å². The number of carbonyl (C=O) groups excluding carboxylic acids is 2. The molecular weight excluding hydrogens is 424 g/mol. The first kappa shape index (κ1) is 20.6. The quantitative estimate of drug-likeness (QED) is 0.401. The normalized spacial score (nSPS) is 13.7. The molecule has 4 aromatic rings. The molecule has 0 unspecified atom stereocenters. The predicted molar refractivity (Wildman–Crippen MR) is 126 cm³/mol. The van der Waals surface area contributed by atoms with E-state index in [1.54, 1.807) is 12.4 Å². The highest BCUT2D eigenvalue weighted by Gasteiger charge is 2.30. The van der Waals surface area contributed by atoms with Crippen molar-refractivity contribution < 1.29 is 14.3 Å². The fraction of sp³-hybridized carbons (Fsp3) is 0.333. The Hall–Kier alpha value is -3.26. The topological polar surface area (TPSA) is 86.1 Å². The molecule has 7 nitrogen and oxygen atoms in total. The number of nitrogens with one attached hydrogen (secondary N) is 1. The third-order valence-corrected chi connectivity index (χ3v) is 6.75. The molecule has 3 aromatic heterocycles. The van der Waals surface area contributed by atoms with Crippen LogP contribution in [0.2, 0.25) is 0 Å². The van der Waals surface area contributed by atoms with Crippen LogP contribution in [0.1, 0.15) is 39.5 Å². The zero-order valence-electron chi connectivity index (χ0n) is 18.0. The van der Waals surface area contributed by atoms with Crippen LogP contribution < -0.4 is 5.32 Å². The van der Waals surface area contributed by atoms with Gasteiger partial charge in [-0.15, -0.1) is 0 Å². The fourth-order valence-corrected chi connectivity index (χ4v) is 4.60. The van der Waals surface area contributed by atoms with Gasteiger partial charge in [-0.25, -0.2) is 9.78 Å². The summed E-state index contributed by atoms with van der Waals surface area (Å²) in [5, 5.41) is 3.55. The average molecular weight is 449 g/mol. The summed E-state index contributed by atoms with van der Waals surface area (Å²) in [5.74, 6) is 0.197. The minimum Gasteiger partial charge on any atom is -0.446 e. The van der Waals surface area contributed by atoms with E-state index in [9.17, 15) is 9.59 Å². The van der Waals surface area contributed by atoms with Gasteiger partial charge in [0, 0.05) is 23.9 Å². The monoisotopic (exact) mass is 448 g/mol. The molecule has 0 saturated heterocycles. The molecule has 1 aromatic carbocycles. The highest BCUT2D eigenvalue weighted by atomic mass is 32.1. The lowest BCUT2D eigenvalue weighted by atomic mass is 10.1. The first-order chi connectivity index (χ1) is 15.6. The summed E-state index contributed by atoms with van der Waals surface area (Å²) < 4.78 is 8.11. The van der Waals surface area contributed by atoms with Gasteiger partial charge in [-0.3, -0.25) is 14.3 Å². The van der Waals surface area contributed by atoms with Gasteiger partial charge in [0.15, 0.2) is 5.13 Å². The van der Waals surface area contributed by atoms with Crippen molar-refractivity contribution in [3.05, 3.63) is 42.7 Å². The van der Waals surface area contributed by atoms with E-state index >= 15 is 0 Å². The maximum absolute atomic E-state index is 12.7. The molecular formula is C24H24N4O3S. The van der Waals surface area contributed by atoms with Crippen molar-refractivity contribution in [2.24, 2.45) is 5.92 Å². The number of amides is 1. The molecule has 5 rings (SSSR count). The SMILES string of the molecule is CCC(CC)OC(=O)n1ccc2ncc(-c3ccc4nc(NC(=O)C5CC5)sc4c3)cc21. The van der Waals surface area contributed by atoms with Gasteiger partial charge in [0.2, 0.25) is 5.91 Å². The first-order valence-electron chi connectivity index (χ1n) is 11.0. The van der Waals surface area contributed by atoms with Crippen molar-refractivity contribution >= 4 is 49.7 Å². The summed E-state index contributed by atoms with van der Waals surface area (Å²) in [5.41, 5.74) is 4.15. The molecule has 3 heterocycles. The maximum Gasteiger partial charge on any atom is 0.418 e. The smallest absolute Gasteiger partial charge is 0.418 e. The molecule has 1 aliphatic rings. The van der Waals surface area contributed by atoms with Crippen molar-refractivity contribution in [3.8, 4) is 11.1 Å². The Kier molecular flexibility index (Phi) is 5.38. The number of rotatable bonds is 6. The van der Waals surface area contributed by atoms with E-state index in [-0.39, 0.29) is 24.0 Å². The lowest BCUT2D eigenvalue weighted by Crippen LogP contribution is -2.20. The van der Waals surface area contributed by atoms with Crippen molar-refractivity contribution in [3.63, 3.8) is 0 Å². The summed E-state index contributed by atoms with van der Waals surface area (Å²) >= 11 is 1.46. The van der Waals surface area contributed by atoms with Crippen molar-refractivity contribution in [1.82, 2.24) is 14.5 Å². The minimum atomic E-state index is -0.387. The third kappa shape index (κ3) is 3.98. The van der Waals surface area contributed by atoms with Crippen LogP contribution in [0.15, 0.2) is 42.7 Å². The van der Waals surface area contributed by atoms with E-state index < -0.39 is 0 Å². The first-order valence-corrected chi connectivity index (χ1v) is 11.8. The molecule has 1 aliphatic carbocycles. The number of benzene rings is 1. The number of ether oxygens (including phenoxy) is 1. The number of carbonyl (C=O) groups is 2. The maximum atomic E-state index is 12.7. The zero-order valence-corrected chi connectivity index (χ0v) is 18.8. The molecule has 1 N–H and O–H groups in total. The molecule has 0 radical (unpaired) electrons. The van der Waals surface area contributed by atoms with Crippen LogP contribution in [-0.2, 0) is 9.53 Å². The highest BCUT2D eigenvalue weighted by molar-refractivity contribution is 7.22. The molecule has 164 valence electrons. The molecule has 0 bridgehead atoms. The zero-order chi connectivity index (χ0) is 22.2. The Morgan fingerprint density at radius 3 is 2.72 bits per heavy atom. The van der Waals surface area contributed by atoms with Gasteiger partial charge in [-0.1, -0.05) is 31.3 Å². The number of thiazole rings is 1. The predicted octanol–water partition coefficient (Wildman–Crippen LogP) is 5.83. The van der Waals surface area contributed by atoms with Crippen LogP contribution in [0.4, 0.5) is 9.93 Å². The van der Waals surface area contributed by atoms with Crippen LogP contribution in [0, 0.1) is 5.92 Å². The molecule has 0 atom stereocenters. The summed E-state index contributed by atoms with van der Waals surface area (Å²) in [6.45, 7) is 4.01. The molecule has 32 heavy (non-hydrogen) atoms. The standard InChI is InChI=1S/C24H24N4O3S/c1-3-17(4-2)31-24(30)28-10-9-18-20(28)11-16(13-25-18)15-7-8-19-21(12-15)32-23(26-19)27-22(29)14-5-6-14/h7-14,17H,3-6H2,1-2H3,(H,26,27,29). The lowest BCUT2D eigenvalue weighted by Gasteiger charge is -2.14. The Bertz CT molecular complexity index is 1320. The van der Waals surface area contributed by atoms with E-state index in [4.69, 9.17) is 4.74 Å². The number of fused-ring (bicyclic) bond motifs is 2. The Morgan fingerprint density at radius 2 is 1.97 bits per heavy atom. The van der Waals surface area contributed by atoms with E-state index in [1.165, 1.54) is 15.9 Å². The van der Waals surface area contributed by atoms with E-state index in [1.807, 2.05) is 44.2 Å². The number of hydrogen-bond acceptors (Lipinski definition) is 6. The van der Waals surface area contributed by atoms with E-state index in [0.717, 1.165) is 52.5 Å². The molecule has 8 heteroatoms. The number of hydrogen-bond donors (Lipinski definition) is 1. The molecule has 0 spiro atoms. The molecule has 1 amide bonds. The average Bonchev–Trinajstić information content (AvgIpc) is 3.45. The van der Waals surface area contributed by atoms with Crippen LogP contribution in [-0.4, -0.2) is 32.6 Å².